The Kier molecular flexibility index (Phi) is 9.97. The van der Waals surface area contributed by atoms with Crippen LogP contribution >= 0.6 is 0 Å². The molecule has 0 spiro atoms. The summed E-state index contributed by atoms with van der Waals surface area (Å²) in [5, 5.41) is 20.5. The number of carbonyl (C=O) groups is 1. The molecular formula is C34H35F5N2O6. The number of rotatable bonds is 12. The Hall–Kier alpha value is -4.36. The number of ether oxygens (including phenoxy) is 3. The summed E-state index contributed by atoms with van der Waals surface area (Å²) in [7, 11) is 2.87. The summed E-state index contributed by atoms with van der Waals surface area (Å²) in [5.74, 6) is -1.22. The summed E-state index contributed by atoms with van der Waals surface area (Å²) in [4.78, 5) is 12.5. The molecule has 0 bridgehead atoms. The van der Waals surface area contributed by atoms with Gasteiger partial charge in [0.15, 0.2) is 11.5 Å². The fourth-order valence-corrected chi connectivity index (χ4v) is 5.98. The van der Waals surface area contributed by atoms with Crippen molar-refractivity contribution in [3.63, 3.8) is 0 Å². The summed E-state index contributed by atoms with van der Waals surface area (Å²) in [6.45, 7) is -0.638. The Morgan fingerprint density at radius 3 is 2.23 bits per heavy atom. The van der Waals surface area contributed by atoms with Gasteiger partial charge in [-0.3, -0.25) is 9.69 Å². The second-order valence-corrected chi connectivity index (χ2v) is 11.6. The monoisotopic (exact) mass is 662 g/mol. The Morgan fingerprint density at radius 1 is 0.979 bits per heavy atom. The van der Waals surface area contributed by atoms with Crippen molar-refractivity contribution in [3.05, 3.63) is 89.1 Å². The van der Waals surface area contributed by atoms with Gasteiger partial charge in [-0.2, -0.15) is 13.2 Å². The number of carboxylic acids is 1. The molecule has 2 N–H and O–H groups in total. The van der Waals surface area contributed by atoms with Crippen LogP contribution in [0.2, 0.25) is 0 Å². The number of methoxy groups -OCH3 is 2. The number of nitrogens with zero attached hydrogens (tertiary/aromatic N) is 2. The maximum absolute atomic E-state index is 14.8. The molecule has 1 atom stereocenters. The Bertz CT molecular complexity index is 1710. The molecule has 5 rings (SSSR count). The highest BCUT2D eigenvalue weighted by molar-refractivity contribution is 5.85. The molecule has 0 radical (unpaired) electrons. The molecule has 252 valence electrons. The summed E-state index contributed by atoms with van der Waals surface area (Å²) in [6.07, 6.45) is -3.59. The number of aromatic nitrogens is 1. The number of carboxylic acid groups (broad SMARTS) is 1. The molecule has 13 heteroatoms. The quantitative estimate of drug-likeness (QED) is 0.172. The van der Waals surface area contributed by atoms with E-state index < -0.39 is 47.6 Å². The molecule has 0 aliphatic carbocycles. The van der Waals surface area contributed by atoms with Crippen molar-refractivity contribution < 1.29 is 51.2 Å². The summed E-state index contributed by atoms with van der Waals surface area (Å²) in [6, 6.07) is 12.4. The van der Waals surface area contributed by atoms with Gasteiger partial charge in [0.05, 0.1) is 26.3 Å². The van der Waals surface area contributed by atoms with Crippen molar-refractivity contribution in [2.45, 2.75) is 50.1 Å². The maximum atomic E-state index is 14.8. The number of aliphatic hydroxyl groups is 1. The van der Waals surface area contributed by atoms with Gasteiger partial charge < -0.3 is 29.0 Å². The highest BCUT2D eigenvalue weighted by Gasteiger charge is 2.57. The second-order valence-electron chi connectivity index (χ2n) is 11.6. The van der Waals surface area contributed by atoms with Crippen LogP contribution in [0.25, 0.3) is 10.9 Å². The Morgan fingerprint density at radius 2 is 1.64 bits per heavy atom. The van der Waals surface area contributed by atoms with Crippen molar-refractivity contribution in [2.75, 3.05) is 33.9 Å². The van der Waals surface area contributed by atoms with Crippen molar-refractivity contribution in [3.8, 4) is 17.2 Å². The Labute approximate surface area is 267 Å². The number of halogens is 5. The van der Waals surface area contributed by atoms with E-state index in [4.69, 9.17) is 19.3 Å². The predicted octanol–water partition coefficient (Wildman–Crippen LogP) is 6.30. The third-order valence-corrected chi connectivity index (χ3v) is 8.48. The first-order chi connectivity index (χ1) is 22.3. The van der Waals surface area contributed by atoms with Crippen LogP contribution in [0.4, 0.5) is 22.0 Å². The zero-order valence-corrected chi connectivity index (χ0v) is 25.8. The van der Waals surface area contributed by atoms with Crippen LogP contribution in [0.3, 0.4) is 0 Å². The minimum atomic E-state index is -5.10. The molecule has 1 aliphatic heterocycles. The standard InChI is InChI=1S/C34H35F5N2O6/c1-45-29-15-21(7-10-31(42)43)16-30(46-2)32(29)47-24-11-13-40(14-12-24)20-33(44,34(37,38)39)26-19-41(18-22-5-3-4-6-27(22)36)28-17-23(35)8-9-25(26)28/h3-6,8-9,15-17,19,24,44H,7,10-14,18,20H2,1-2H3,(H,42,43). The first-order valence-corrected chi connectivity index (χ1v) is 15.0. The lowest BCUT2D eigenvalue weighted by Crippen LogP contribution is -2.53. The van der Waals surface area contributed by atoms with E-state index in [2.05, 4.69) is 0 Å². The minimum absolute atomic E-state index is 0.00627. The van der Waals surface area contributed by atoms with Crippen molar-refractivity contribution in [1.29, 1.82) is 0 Å². The normalized spacial score (nSPS) is 15.8. The van der Waals surface area contributed by atoms with E-state index in [1.54, 1.807) is 18.2 Å². The number of benzene rings is 3. The number of likely N-dealkylation sites (tertiary alicyclic amines) is 1. The highest BCUT2D eigenvalue weighted by atomic mass is 19.4. The van der Waals surface area contributed by atoms with Crippen LogP contribution in [0.1, 0.15) is 36.0 Å². The lowest BCUT2D eigenvalue weighted by molar-refractivity contribution is -0.272. The van der Waals surface area contributed by atoms with Gasteiger partial charge in [-0.05, 0) is 61.2 Å². The van der Waals surface area contributed by atoms with Gasteiger partial charge in [0, 0.05) is 48.8 Å². The number of β-amino-alcohol motifs (C(OH)–C–C–N with tert-alkyl or cyclic N) is 1. The molecular weight excluding hydrogens is 627 g/mol. The SMILES string of the molecule is COc1cc(CCC(=O)O)cc(OC)c1OC1CCN(CC(O)(c2cn(Cc3ccccc3F)c3cc(F)ccc23)C(F)(F)F)CC1. The third kappa shape index (κ3) is 7.31. The minimum Gasteiger partial charge on any atom is -0.493 e. The van der Waals surface area contributed by atoms with Crippen LogP contribution in [0, 0.1) is 11.6 Å². The van der Waals surface area contributed by atoms with Crippen molar-refractivity contribution >= 4 is 16.9 Å². The summed E-state index contributed by atoms with van der Waals surface area (Å²) in [5.41, 5.74) is -2.81. The number of piperidine rings is 1. The van der Waals surface area contributed by atoms with E-state index in [9.17, 15) is 31.9 Å². The molecule has 0 saturated carbocycles. The van der Waals surface area contributed by atoms with Gasteiger partial charge >= 0.3 is 12.1 Å². The highest BCUT2D eigenvalue weighted by Crippen LogP contribution is 2.45. The predicted molar refractivity (Wildman–Crippen MR) is 163 cm³/mol. The number of aliphatic carboxylic acids is 1. The second kappa shape index (κ2) is 13.8. The molecule has 1 fully saturated rings. The van der Waals surface area contributed by atoms with Gasteiger partial charge in [0.1, 0.15) is 17.7 Å². The molecule has 1 saturated heterocycles. The van der Waals surface area contributed by atoms with E-state index in [1.165, 1.54) is 48.0 Å². The molecule has 3 aromatic carbocycles. The Balaban J connectivity index is 1.36. The molecule has 1 unspecified atom stereocenters. The number of alkyl halides is 3. The zero-order chi connectivity index (χ0) is 33.9. The van der Waals surface area contributed by atoms with E-state index in [0.29, 0.717) is 35.7 Å². The molecule has 1 aliphatic rings. The molecule has 0 amide bonds. The molecule has 8 nitrogen and oxygen atoms in total. The largest absolute Gasteiger partial charge is 0.493 e. The van der Waals surface area contributed by atoms with Crippen LogP contribution in [-0.2, 0) is 23.4 Å². The smallest absolute Gasteiger partial charge is 0.422 e. The van der Waals surface area contributed by atoms with Crippen molar-refractivity contribution in [1.82, 2.24) is 9.47 Å². The maximum Gasteiger partial charge on any atom is 0.422 e. The number of fused-ring (bicyclic) bond motifs is 1. The van der Waals surface area contributed by atoms with Crippen LogP contribution in [0.5, 0.6) is 17.2 Å². The van der Waals surface area contributed by atoms with Crippen molar-refractivity contribution in [2.24, 2.45) is 0 Å². The number of hydrogen-bond acceptors (Lipinski definition) is 6. The number of aryl methyl sites for hydroxylation is 1. The van der Waals surface area contributed by atoms with Crippen LogP contribution in [0.15, 0.2) is 60.8 Å². The third-order valence-electron chi connectivity index (χ3n) is 8.48. The topological polar surface area (TPSA) is 93.4 Å². The van der Waals surface area contributed by atoms with E-state index in [1.807, 2.05) is 0 Å². The average Bonchev–Trinajstić information content (AvgIpc) is 3.39. The zero-order valence-electron chi connectivity index (χ0n) is 25.8. The van der Waals surface area contributed by atoms with Gasteiger partial charge in [-0.25, -0.2) is 8.78 Å². The fraction of sp³-hybridized carbons (Fsp3) is 0.382. The first kappa shape index (κ1) is 34.0. The first-order valence-electron chi connectivity index (χ1n) is 15.0. The van der Waals surface area contributed by atoms with Crippen LogP contribution in [-0.4, -0.2) is 71.8 Å². The fourth-order valence-electron chi connectivity index (χ4n) is 5.98. The van der Waals surface area contributed by atoms with Gasteiger partial charge in [0.25, 0.3) is 0 Å². The summed E-state index contributed by atoms with van der Waals surface area (Å²) < 4.78 is 91.6. The van der Waals surface area contributed by atoms with Gasteiger partial charge in [-0.1, -0.05) is 18.2 Å². The van der Waals surface area contributed by atoms with Crippen LogP contribution < -0.4 is 14.2 Å². The van der Waals surface area contributed by atoms with E-state index in [-0.39, 0.29) is 48.9 Å². The van der Waals surface area contributed by atoms with Gasteiger partial charge in [-0.15, -0.1) is 0 Å². The molecule has 2 heterocycles. The molecule has 47 heavy (non-hydrogen) atoms. The number of hydrogen-bond donors (Lipinski definition) is 2. The lowest BCUT2D eigenvalue weighted by atomic mass is 9.91. The lowest BCUT2D eigenvalue weighted by Gasteiger charge is -2.39. The molecule has 1 aromatic heterocycles. The van der Waals surface area contributed by atoms with E-state index in [0.717, 1.165) is 18.3 Å². The average molecular weight is 663 g/mol. The molecule has 4 aromatic rings. The van der Waals surface area contributed by atoms with Gasteiger partial charge in [0.2, 0.25) is 11.4 Å². The summed E-state index contributed by atoms with van der Waals surface area (Å²) >= 11 is 0. The van der Waals surface area contributed by atoms with E-state index >= 15 is 0 Å².